The van der Waals surface area contributed by atoms with Crippen LogP contribution < -0.4 is 0 Å². The summed E-state index contributed by atoms with van der Waals surface area (Å²) >= 11 is 0. The largest absolute Gasteiger partial charge is 0.308 e. The summed E-state index contributed by atoms with van der Waals surface area (Å²) in [7, 11) is 0. The third kappa shape index (κ3) is 4.53. The van der Waals surface area contributed by atoms with Crippen LogP contribution in [0, 0.1) is 0 Å². The van der Waals surface area contributed by atoms with Crippen LogP contribution >= 0.6 is 0 Å². The molecular weight excluding hydrogens is 699 g/mol. The van der Waals surface area contributed by atoms with E-state index < -0.39 is 5.41 Å². The summed E-state index contributed by atoms with van der Waals surface area (Å²) in [6.07, 6.45) is 0. The molecule has 0 radical (unpaired) electrons. The Morgan fingerprint density at radius 1 is 0.379 bits per heavy atom. The lowest BCUT2D eigenvalue weighted by Gasteiger charge is -2.34. The molecule has 1 aliphatic rings. The van der Waals surface area contributed by atoms with E-state index >= 15 is 0 Å². The summed E-state index contributed by atoms with van der Waals surface area (Å²) in [6.45, 7) is 9.14. The van der Waals surface area contributed by atoms with Gasteiger partial charge in [-0.25, -0.2) is 0 Å². The van der Waals surface area contributed by atoms with Crippen molar-refractivity contribution in [2.75, 3.05) is 0 Å². The number of hydrogen-bond acceptors (Lipinski definition) is 0. The second-order valence-corrected chi connectivity index (χ2v) is 17.3. The van der Waals surface area contributed by atoms with Crippen LogP contribution in [0.15, 0.2) is 176 Å². The van der Waals surface area contributed by atoms with E-state index in [0.29, 0.717) is 11.8 Å². The Morgan fingerprint density at radius 3 is 1.45 bits per heavy atom. The minimum Gasteiger partial charge on any atom is -0.308 e. The van der Waals surface area contributed by atoms with Gasteiger partial charge >= 0.3 is 0 Å². The van der Waals surface area contributed by atoms with Crippen molar-refractivity contribution in [3.8, 4) is 22.3 Å². The van der Waals surface area contributed by atoms with Gasteiger partial charge in [0.15, 0.2) is 0 Å². The van der Waals surface area contributed by atoms with E-state index in [9.17, 15) is 0 Å². The summed E-state index contributed by atoms with van der Waals surface area (Å²) < 4.78 is 2.56. The van der Waals surface area contributed by atoms with Crippen molar-refractivity contribution >= 4 is 59.6 Å². The van der Waals surface area contributed by atoms with Crippen LogP contribution in [0.3, 0.4) is 0 Å². The quantitative estimate of drug-likeness (QED) is 0.165. The monoisotopic (exact) mass is 741 g/mol. The second-order valence-electron chi connectivity index (χ2n) is 17.3. The molecule has 2 heterocycles. The van der Waals surface area contributed by atoms with Gasteiger partial charge in [0.1, 0.15) is 0 Å². The summed E-state index contributed by atoms with van der Waals surface area (Å²) in [6, 6.07) is 67.4. The molecule has 0 saturated carbocycles. The lowest BCUT2D eigenvalue weighted by molar-refractivity contribution is 0.769. The van der Waals surface area contributed by atoms with Crippen LogP contribution in [0.4, 0.5) is 0 Å². The summed E-state index contributed by atoms with van der Waals surface area (Å²) in [5, 5.41) is 10.4. The Labute approximate surface area is 339 Å². The smallest absolute Gasteiger partial charge is 0.0713 e. The summed E-state index contributed by atoms with van der Waals surface area (Å²) in [5.74, 6) is 0.944. The molecule has 0 atom stereocenters. The second kappa shape index (κ2) is 12.2. The van der Waals surface area contributed by atoms with Crippen LogP contribution in [0.5, 0.6) is 0 Å². The Kier molecular flexibility index (Phi) is 7.01. The molecule has 0 bridgehead atoms. The maximum atomic E-state index is 2.56. The van der Waals surface area contributed by atoms with Crippen molar-refractivity contribution in [1.29, 1.82) is 0 Å². The zero-order valence-corrected chi connectivity index (χ0v) is 33.3. The average Bonchev–Trinajstić information content (AvgIpc) is 3.87. The Hall–Kier alpha value is -6.70. The molecule has 1 aliphatic carbocycles. The van der Waals surface area contributed by atoms with Gasteiger partial charge in [-0.2, -0.15) is 0 Å². The van der Waals surface area contributed by atoms with Gasteiger partial charge in [0.2, 0.25) is 0 Å². The first-order chi connectivity index (χ1) is 28.4. The average molecular weight is 742 g/mol. The summed E-state index contributed by atoms with van der Waals surface area (Å²) in [5.41, 5.74) is 16.5. The number of rotatable bonds is 5. The van der Waals surface area contributed by atoms with Crippen molar-refractivity contribution in [2.45, 2.75) is 44.9 Å². The molecule has 1 nitrogen and oxygen atoms in total. The summed E-state index contributed by atoms with van der Waals surface area (Å²) in [4.78, 5) is 0. The Bertz CT molecular complexity index is 3260. The van der Waals surface area contributed by atoms with Gasteiger partial charge in [0.05, 0.1) is 22.0 Å². The fourth-order valence-corrected chi connectivity index (χ4v) is 10.6. The van der Waals surface area contributed by atoms with Crippen molar-refractivity contribution in [2.24, 2.45) is 0 Å². The Morgan fingerprint density at radius 2 is 0.897 bits per heavy atom. The zero-order chi connectivity index (χ0) is 38.9. The van der Waals surface area contributed by atoms with E-state index in [2.05, 4.69) is 208 Å². The molecule has 58 heavy (non-hydrogen) atoms. The molecular formula is C57H43N. The van der Waals surface area contributed by atoms with Crippen LogP contribution in [0.1, 0.15) is 72.9 Å². The van der Waals surface area contributed by atoms with Crippen LogP contribution in [0.25, 0.3) is 81.9 Å². The highest BCUT2D eigenvalue weighted by Gasteiger charge is 2.46. The zero-order valence-electron chi connectivity index (χ0n) is 33.3. The Balaban J connectivity index is 1.18. The van der Waals surface area contributed by atoms with Crippen LogP contribution in [-0.4, -0.2) is 4.40 Å². The van der Waals surface area contributed by atoms with E-state index in [1.165, 1.54) is 115 Å². The first kappa shape index (κ1) is 33.4. The highest BCUT2D eigenvalue weighted by Crippen LogP contribution is 2.57. The van der Waals surface area contributed by atoms with Gasteiger partial charge in [0.25, 0.3) is 0 Å². The highest BCUT2D eigenvalue weighted by atomic mass is 14.9. The molecule has 0 saturated heterocycles. The molecule has 1 heteroatoms. The van der Waals surface area contributed by atoms with E-state index in [0.717, 1.165) is 0 Å². The molecule has 11 aromatic rings. The van der Waals surface area contributed by atoms with E-state index in [1.54, 1.807) is 0 Å². The lowest BCUT2D eigenvalue weighted by Crippen LogP contribution is -2.28. The molecule has 12 rings (SSSR count). The minimum absolute atomic E-state index is 0.450. The van der Waals surface area contributed by atoms with Crippen LogP contribution in [-0.2, 0) is 5.41 Å². The first-order valence-electron chi connectivity index (χ1n) is 20.9. The lowest BCUT2D eigenvalue weighted by atomic mass is 9.67. The normalized spacial score (nSPS) is 13.6. The number of benzene rings is 9. The molecule has 0 amide bonds. The molecule has 0 fully saturated rings. The number of nitrogens with zero attached hydrogens (tertiary/aromatic N) is 1. The third-order valence-corrected chi connectivity index (χ3v) is 13.5. The molecule has 9 aromatic carbocycles. The van der Waals surface area contributed by atoms with E-state index in [1.807, 2.05) is 0 Å². The third-order valence-electron chi connectivity index (χ3n) is 13.5. The van der Waals surface area contributed by atoms with E-state index in [-0.39, 0.29) is 0 Å². The maximum absolute atomic E-state index is 2.56. The fraction of sp³-hybridized carbons (Fsp3) is 0.123. The van der Waals surface area contributed by atoms with Crippen LogP contribution in [0.2, 0.25) is 0 Å². The van der Waals surface area contributed by atoms with Crippen molar-refractivity contribution < 1.29 is 0 Å². The molecule has 0 N–H and O–H groups in total. The van der Waals surface area contributed by atoms with Gasteiger partial charge in [-0.1, -0.05) is 161 Å². The van der Waals surface area contributed by atoms with Crippen molar-refractivity contribution in [1.82, 2.24) is 4.40 Å². The number of hydrogen-bond donors (Lipinski definition) is 0. The molecule has 0 spiro atoms. The van der Waals surface area contributed by atoms with Gasteiger partial charge in [-0.15, -0.1) is 0 Å². The highest BCUT2D eigenvalue weighted by molar-refractivity contribution is 6.27. The molecule has 0 unspecified atom stereocenters. The first-order valence-corrected chi connectivity index (χ1v) is 20.9. The SMILES string of the molecule is CC(C)c1ccc2cc3c(cc2c1)c1cc(-c2ccc4c(c2)C(c2ccccc2)(c2ccccc2)c2ccccc2-4)cc2c4cc5cc(C(C)C)ccc5cc4n3c12. The molecule has 276 valence electrons. The maximum Gasteiger partial charge on any atom is 0.0713 e. The predicted octanol–water partition coefficient (Wildman–Crippen LogP) is 15.4. The van der Waals surface area contributed by atoms with Gasteiger partial charge < -0.3 is 4.40 Å². The minimum atomic E-state index is -0.450. The number of fused-ring (bicyclic) bond motifs is 11. The topological polar surface area (TPSA) is 4.41 Å². The fourth-order valence-electron chi connectivity index (χ4n) is 10.6. The van der Waals surface area contributed by atoms with Gasteiger partial charge in [-0.05, 0) is 131 Å². The van der Waals surface area contributed by atoms with Gasteiger partial charge in [0, 0.05) is 21.5 Å². The standard InChI is InChI=1S/C57H43N/c1-34(2)36-19-21-39-32-54-48(27-41(39)25-36)50-29-43(30-51-49-28-42-26-37(35(3)4)20-22-40(42)33-55(49)58(54)56(50)51)38-23-24-47-46-17-11-12-18-52(46)57(53(47)31-38,44-13-7-5-8-14-44)45-15-9-6-10-16-45/h5-35H,1-4H3. The molecule has 0 aliphatic heterocycles. The van der Waals surface area contributed by atoms with Crippen molar-refractivity contribution in [3.05, 3.63) is 209 Å². The number of aromatic nitrogens is 1. The predicted molar refractivity (Wildman–Crippen MR) is 247 cm³/mol. The van der Waals surface area contributed by atoms with E-state index in [4.69, 9.17) is 0 Å². The van der Waals surface area contributed by atoms with Crippen molar-refractivity contribution in [3.63, 3.8) is 0 Å². The van der Waals surface area contributed by atoms with Gasteiger partial charge in [-0.3, -0.25) is 0 Å². The molecule has 2 aromatic heterocycles.